The van der Waals surface area contributed by atoms with E-state index < -0.39 is 0 Å². The standard InChI is InChI=1S/C8H10N2/c1-10-6-4-7-3-2-5-9-8(7)10/h2-8H,1H3. The van der Waals surface area contributed by atoms with Crippen molar-refractivity contribution in [2.24, 2.45) is 10.9 Å². The number of hydrogen-bond donors (Lipinski definition) is 0. The number of nitrogens with zero attached hydrogens (tertiary/aromatic N) is 2. The molecule has 2 heteroatoms. The summed E-state index contributed by atoms with van der Waals surface area (Å²) in [6.45, 7) is 0. The molecule has 0 bridgehead atoms. The predicted molar refractivity (Wildman–Crippen MR) is 41.8 cm³/mol. The maximum absolute atomic E-state index is 4.32. The minimum Gasteiger partial charge on any atom is -0.359 e. The van der Waals surface area contributed by atoms with Gasteiger partial charge in [-0.05, 0) is 12.3 Å². The lowest BCUT2D eigenvalue weighted by atomic mass is 10.1. The van der Waals surface area contributed by atoms with E-state index in [0.29, 0.717) is 12.1 Å². The maximum atomic E-state index is 4.32. The highest BCUT2D eigenvalue weighted by molar-refractivity contribution is 5.72. The highest BCUT2D eigenvalue weighted by Crippen LogP contribution is 2.23. The summed E-state index contributed by atoms with van der Waals surface area (Å²) < 4.78 is 0. The minimum atomic E-state index is 0.338. The topological polar surface area (TPSA) is 15.6 Å². The van der Waals surface area contributed by atoms with Crippen molar-refractivity contribution in [3.8, 4) is 0 Å². The van der Waals surface area contributed by atoms with Gasteiger partial charge in [0.05, 0.1) is 0 Å². The van der Waals surface area contributed by atoms with Gasteiger partial charge in [0.1, 0.15) is 6.17 Å². The fourth-order valence-corrected chi connectivity index (χ4v) is 1.38. The lowest BCUT2D eigenvalue weighted by Crippen LogP contribution is -2.27. The summed E-state index contributed by atoms with van der Waals surface area (Å²) in [5.41, 5.74) is 0. The SMILES string of the molecule is CN1C=CC2C=CC=NC21. The second kappa shape index (κ2) is 1.97. The number of aliphatic imine (C=N–C) groups is 1. The number of rotatable bonds is 0. The second-order valence-electron chi connectivity index (χ2n) is 2.68. The average molecular weight is 134 g/mol. The van der Waals surface area contributed by atoms with E-state index in [-0.39, 0.29) is 0 Å². The summed E-state index contributed by atoms with van der Waals surface area (Å²) in [6.07, 6.45) is 10.7. The second-order valence-corrected chi connectivity index (χ2v) is 2.68. The quantitative estimate of drug-likeness (QED) is 0.483. The van der Waals surface area contributed by atoms with Crippen LogP contribution in [-0.2, 0) is 0 Å². The number of allylic oxidation sites excluding steroid dienone is 1. The summed E-state index contributed by atoms with van der Waals surface area (Å²) in [5, 5.41) is 0. The van der Waals surface area contributed by atoms with Gasteiger partial charge in [-0.25, -0.2) is 0 Å². The van der Waals surface area contributed by atoms with Crippen LogP contribution in [0, 0.1) is 5.92 Å². The van der Waals surface area contributed by atoms with Crippen molar-refractivity contribution in [1.29, 1.82) is 0 Å². The van der Waals surface area contributed by atoms with Gasteiger partial charge in [0.15, 0.2) is 0 Å². The predicted octanol–water partition coefficient (Wildman–Crippen LogP) is 1.03. The molecule has 0 aromatic heterocycles. The highest BCUT2D eigenvalue weighted by atomic mass is 15.2. The average Bonchev–Trinajstić information content (AvgIpc) is 2.34. The van der Waals surface area contributed by atoms with Crippen LogP contribution in [0.1, 0.15) is 0 Å². The van der Waals surface area contributed by atoms with Gasteiger partial charge in [0, 0.05) is 19.2 Å². The van der Waals surface area contributed by atoms with Crippen molar-refractivity contribution in [2.45, 2.75) is 6.17 Å². The van der Waals surface area contributed by atoms with E-state index in [4.69, 9.17) is 0 Å². The van der Waals surface area contributed by atoms with Crippen LogP contribution in [0.4, 0.5) is 0 Å². The molecule has 2 nitrogen and oxygen atoms in total. The van der Waals surface area contributed by atoms with Crippen molar-refractivity contribution >= 4 is 6.21 Å². The Balaban J connectivity index is 2.26. The molecular formula is C8H10N2. The first-order valence-corrected chi connectivity index (χ1v) is 3.48. The molecule has 0 radical (unpaired) electrons. The summed E-state index contributed by atoms with van der Waals surface area (Å²) in [6, 6.07) is 0. The lowest BCUT2D eigenvalue weighted by molar-refractivity contribution is 0.335. The van der Waals surface area contributed by atoms with Crippen LogP contribution < -0.4 is 0 Å². The Morgan fingerprint density at radius 2 is 2.30 bits per heavy atom. The molecule has 2 atom stereocenters. The monoisotopic (exact) mass is 134 g/mol. The molecular weight excluding hydrogens is 124 g/mol. The Morgan fingerprint density at radius 3 is 3.10 bits per heavy atom. The first kappa shape index (κ1) is 5.71. The summed E-state index contributed by atoms with van der Waals surface area (Å²) in [4.78, 5) is 6.45. The normalized spacial score (nSPS) is 35.1. The van der Waals surface area contributed by atoms with Gasteiger partial charge in [-0.2, -0.15) is 0 Å². The first-order chi connectivity index (χ1) is 4.88. The summed E-state index contributed by atoms with van der Waals surface area (Å²) in [5.74, 6) is 0.509. The first-order valence-electron chi connectivity index (χ1n) is 3.48. The number of hydrogen-bond acceptors (Lipinski definition) is 2. The van der Waals surface area contributed by atoms with E-state index in [2.05, 4.69) is 35.3 Å². The van der Waals surface area contributed by atoms with Gasteiger partial charge in [-0.3, -0.25) is 4.99 Å². The largest absolute Gasteiger partial charge is 0.359 e. The molecule has 0 amide bonds. The molecule has 0 aliphatic carbocycles. The van der Waals surface area contributed by atoms with E-state index in [1.54, 1.807) is 0 Å². The van der Waals surface area contributed by atoms with Crippen LogP contribution in [0.15, 0.2) is 29.4 Å². The third-order valence-electron chi connectivity index (χ3n) is 1.96. The van der Waals surface area contributed by atoms with Crippen LogP contribution in [0.3, 0.4) is 0 Å². The summed E-state index contributed by atoms with van der Waals surface area (Å²) >= 11 is 0. The maximum Gasteiger partial charge on any atom is 0.130 e. The van der Waals surface area contributed by atoms with Gasteiger partial charge in [-0.15, -0.1) is 0 Å². The van der Waals surface area contributed by atoms with E-state index >= 15 is 0 Å². The minimum absolute atomic E-state index is 0.338. The molecule has 0 N–H and O–H groups in total. The Hall–Kier alpha value is -1.05. The highest BCUT2D eigenvalue weighted by Gasteiger charge is 2.24. The molecule has 52 valence electrons. The Bertz CT molecular complexity index is 215. The van der Waals surface area contributed by atoms with E-state index in [1.165, 1.54) is 0 Å². The Morgan fingerprint density at radius 1 is 1.40 bits per heavy atom. The van der Waals surface area contributed by atoms with Crippen molar-refractivity contribution in [2.75, 3.05) is 7.05 Å². The molecule has 2 aliphatic heterocycles. The zero-order valence-corrected chi connectivity index (χ0v) is 5.94. The third kappa shape index (κ3) is 0.685. The Kier molecular flexibility index (Phi) is 1.13. The smallest absolute Gasteiger partial charge is 0.130 e. The Labute approximate surface area is 60.6 Å². The molecule has 2 aliphatic rings. The number of fused-ring (bicyclic) bond motifs is 1. The van der Waals surface area contributed by atoms with Crippen molar-refractivity contribution in [3.63, 3.8) is 0 Å². The molecule has 0 saturated carbocycles. The van der Waals surface area contributed by atoms with Crippen molar-refractivity contribution in [1.82, 2.24) is 4.90 Å². The van der Waals surface area contributed by atoms with Gasteiger partial charge in [-0.1, -0.05) is 12.2 Å². The van der Waals surface area contributed by atoms with Crippen LogP contribution in [-0.4, -0.2) is 24.3 Å². The molecule has 2 unspecified atom stereocenters. The zero-order valence-electron chi connectivity index (χ0n) is 5.94. The number of dihydropyridines is 1. The van der Waals surface area contributed by atoms with E-state index in [9.17, 15) is 0 Å². The lowest BCUT2D eigenvalue weighted by Gasteiger charge is -2.21. The fraction of sp³-hybridized carbons (Fsp3) is 0.375. The van der Waals surface area contributed by atoms with Crippen molar-refractivity contribution < 1.29 is 0 Å². The van der Waals surface area contributed by atoms with E-state index in [0.717, 1.165) is 0 Å². The van der Waals surface area contributed by atoms with E-state index in [1.807, 2.05) is 12.3 Å². The molecule has 0 aromatic rings. The third-order valence-corrected chi connectivity index (χ3v) is 1.96. The van der Waals surface area contributed by atoms with Crippen LogP contribution in [0.5, 0.6) is 0 Å². The van der Waals surface area contributed by atoms with Gasteiger partial charge in [0.25, 0.3) is 0 Å². The van der Waals surface area contributed by atoms with Crippen LogP contribution >= 0.6 is 0 Å². The molecule has 0 fully saturated rings. The zero-order chi connectivity index (χ0) is 6.97. The fourth-order valence-electron chi connectivity index (χ4n) is 1.38. The molecule has 2 rings (SSSR count). The van der Waals surface area contributed by atoms with Crippen LogP contribution in [0.25, 0.3) is 0 Å². The molecule has 0 saturated heterocycles. The molecule has 0 spiro atoms. The van der Waals surface area contributed by atoms with Gasteiger partial charge >= 0.3 is 0 Å². The van der Waals surface area contributed by atoms with Gasteiger partial charge in [0.2, 0.25) is 0 Å². The van der Waals surface area contributed by atoms with Gasteiger partial charge < -0.3 is 4.90 Å². The molecule has 10 heavy (non-hydrogen) atoms. The molecule has 0 aromatic carbocycles. The molecule has 2 heterocycles. The van der Waals surface area contributed by atoms with Crippen LogP contribution in [0.2, 0.25) is 0 Å². The summed E-state index contributed by atoms with van der Waals surface area (Å²) in [7, 11) is 2.05. The van der Waals surface area contributed by atoms with Crippen molar-refractivity contribution in [3.05, 3.63) is 24.4 Å².